The predicted octanol–water partition coefficient (Wildman–Crippen LogP) is 2.48. The predicted molar refractivity (Wildman–Crippen MR) is 91.6 cm³/mol. The summed E-state index contributed by atoms with van der Waals surface area (Å²) in [5, 5.41) is 9.83. The van der Waals surface area contributed by atoms with Gasteiger partial charge in [0.2, 0.25) is 5.91 Å². The molecule has 23 heavy (non-hydrogen) atoms. The quantitative estimate of drug-likeness (QED) is 0.876. The Bertz CT molecular complexity index is 541. The highest BCUT2D eigenvalue weighted by Crippen LogP contribution is 2.49. The summed E-state index contributed by atoms with van der Waals surface area (Å²) in [6.45, 7) is 7.10. The van der Waals surface area contributed by atoms with Crippen molar-refractivity contribution in [1.82, 2.24) is 4.90 Å². The lowest BCUT2D eigenvalue weighted by Gasteiger charge is -2.26. The number of carbonyl (C=O) groups is 1. The summed E-state index contributed by atoms with van der Waals surface area (Å²) in [6.07, 6.45) is 1.12. The number of hydrogen-bond donors (Lipinski definition) is 1. The van der Waals surface area contributed by atoms with E-state index < -0.39 is 11.5 Å². The van der Waals surface area contributed by atoms with Gasteiger partial charge in [-0.25, -0.2) is 0 Å². The second-order valence-electron chi connectivity index (χ2n) is 7.70. The molecule has 1 saturated carbocycles. The van der Waals surface area contributed by atoms with Crippen LogP contribution in [0.4, 0.5) is 0 Å². The normalized spacial score (nSPS) is 17.7. The van der Waals surface area contributed by atoms with Crippen LogP contribution in [0.1, 0.15) is 44.7 Å². The number of nitrogens with zero attached hydrogens (tertiary/aromatic N) is 1. The zero-order chi connectivity index (χ0) is 17.3. The van der Waals surface area contributed by atoms with Crippen LogP contribution in [-0.4, -0.2) is 49.3 Å². The molecule has 1 N–H and O–H groups in total. The highest BCUT2D eigenvalue weighted by atomic mass is 16.5. The van der Waals surface area contributed by atoms with Crippen LogP contribution < -0.4 is 0 Å². The molecule has 1 aliphatic rings. The van der Waals surface area contributed by atoms with Gasteiger partial charge in [-0.2, -0.15) is 0 Å². The lowest BCUT2D eigenvalue weighted by atomic mass is 9.84. The Hall–Kier alpha value is -1.39. The Morgan fingerprint density at radius 2 is 1.87 bits per heavy atom. The zero-order valence-electron chi connectivity index (χ0n) is 14.9. The Kier molecular flexibility index (Phi) is 5.17. The fourth-order valence-corrected chi connectivity index (χ4v) is 3.05. The molecule has 1 aromatic rings. The van der Waals surface area contributed by atoms with Gasteiger partial charge in [0, 0.05) is 20.7 Å². The van der Waals surface area contributed by atoms with Crippen molar-refractivity contribution in [3.8, 4) is 0 Å². The van der Waals surface area contributed by atoms with Crippen molar-refractivity contribution in [3.05, 3.63) is 35.4 Å². The molecule has 0 saturated heterocycles. The number of likely N-dealkylation sites (N-methyl/N-ethyl adjacent to an activating group) is 1. The summed E-state index contributed by atoms with van der Waals surface area (Å²) in [4.78, 5) is 14.5. The standard InChI is InChI=1S/C19H29NO3/c1-18(2,3)14-6-8-15(9-7-14)19(10-11-19)17(22)20(4)12-16(21)13-23-5/h6-9,16,21H,10-13H2,1-5H3. The lowest BCUT2D eigenvalue weighted by Crippen LogP contribution is -2.41. The third-order valence-electron chi connectivity index (χ3n) is 4.65. The number of aliphatic hydroxyl groups excluding tert-OH is 1. The molecule has 1 atom stereocenters. The van der Waals surface area contributed by atoms with Gasteiger partial charge in [0.05, 0.1) is 18.1 Å². The Morgan fingerprint density at radius 1 is 1.30 bits per heavy atom. The molecule has 0 aromatic heterocycles. The molecule has 1 amide bonds. The number of aliphatic hydroxyl groups is 1. The molecule has 0 aliphatic heterocycles. The van der Waals surface area contributed by atoms with Crippen LogP contribution in [0.3, 0.4) is 0 Å². The van der Waals surface area contributed by atoms with E-state index in [0.29, 0.717) is 6.54 Å². The van der Waals surface area contributed by atoms with E-state index >= 15 is 0 Å². The summed E-state index contributed by atoms with van der Waals surface area (Å²) >= 11 is 0. The van der Waals surface area contributed by atoms with Gasteiger partial charge >= 0.3 is 0 Å². The number of ether oxygens (including phenoxy) is 1. The largest absolute Gasteiger partial charge is 0.389 e. The van der Waals surface area contributed by atoms with Crippen molar-refractivity contribution in [2.75, 3.05) is 27.3 Å². The van der Waals surface area contributed by atoms with Gasteiger partial charge in [-0.05, 0) is 29.4 Å². The fourth-order valence-electron chi connectivity index (χ4n) is 3.05. The second kappa shape index (κ2) is 6.62. The minimum absolute atomic E-state index is 0.0937. The van der Waals surface area contributed by atoms with Gasteiger partial charge in [-0.3, -0.25) is 4.79 Å². The van der Waals surface area contributed by atoms with Gasteiger partial charge in [-0.1, -0.05) is 45.0 Å². The molecule has 1 unspecified atom stereocenters. The smallest absolute Gasteiger partial charge is 0.233 e. The van der Waals surface area contributed by atoms with E-state index in [4.69, 9.17) is 4.74 Å². The van der Waals surface area contributed by atoms with Crippen molar-refractivity contribution < 1.29 is 14.6 Å². The van der Waals surface area contributed by atoms with Crippen LogP contribution in [-0.2, 0) is 20.4 Å². The number of carbonyl (C=O) groups excluding carboxylic acids is 1. The molecule has 1 aromatic carbocycles. The monoisotopic (exact) mass is 319 g/mol. The lowest BCUT2D eigenvalue weighted by molar-refractivity contribution is -0.134. The van der Waals surface area contributed by atoms with Gasteiger partial charge < -0.3 is 14.7 Å². The first-order valence-electron chi connectivity index (χ1n) is 8.24. The summed E-state index contributed by atoms with van der Waals surface area (Å²) in [5.41, 5.74) is 2.08. The van der Waals surface area contributed by atoms with Crippen molar-refractivity contribution in [1.29, 1.82) is 0 Å². The molecule has 0 heterocycles. The molecule has 2 rings (SSSR count). The third kappa shape index (κ3) is 3.93. The first kappa shape index (κ1) is 18.0. The summed E-state index contributed by atoms with van der Waals surface area (Å²) in [5.74, 6) is 0.0937. The number of amides is 1. The van der Waals surface area contributed by atoms with Crippen molar-refractivity contribution in [2.24, 2.45) is 0 Å². The maximum Gasteiger partial charge on any atom is 0.233 e. The minimum atomic E-state index is -0.645. The van der Waals surface area contributed by atoms with E-state index in [9.17, 15) is 9.90 Å². The third-order valence-corrected chi connectivity index (χ3v) is 4.65. The van der Waals surface area contributed by atoms with E-state index in [-0.39, 0.29) is 17.9 Å². The molecule has 4 nitrogen and oxygen atoms in total. The zero-order valence-corrected chi connectivity index (χ0v) is 14.9. The summed E-state index contributed by atoms with van der Waals surface area (Å²) in [7, 11) is 3.30. The van der Waals surface area contributed by atoms with E-state index in [1.807, 2.05) is 0 Å². The maximum atomic E-state index is 12.8. The minimum Gasteiger partial charge on any atom is -0.389 e. The number of hydrogen-bond acceptors (Lipinski definition) is 3. The van der Waals surface area contributed by atoms with Crippen LogP contribution in [0.2, 0.25) is 0 Å². The first-order chi connectivity index (χ1) is 10.7. The number of benzene rings is 1. The van der Waals surface area contributed by atoms with Gasteiger partial charge in [0.15, 0.2) is 0 Å². The van der Waals surface area contributed by atoms with Crippen LogP contribution >= 0.6 is 0 Å². The van der Waals surface area contributed by atoms with E-state index in [0.717, 1.165) is 18.4 Å². The topological polar surface area (TPSA) is 49.8 Å². The Morgan fingerprint density at radius 3 is 2.30 bits per heavy atom. The molecule has 0 radical (unpaired) electrons. The van der Waals surface area contributed by atoms with Gasteiger partial charge in [0.1, 0.15) is 0 Å². The van der Waals surface area contributed by atoms with Crippen LogP contribution in [0.25, 0.3) is 0 Å². The average molecular weight is 319 g/mol. The summed E-state index contributed by atoms with van der Waals surface area (Å²) < 4.78 is 4.93. The molecule has 0 bridgehead atoms. The maximum absolute atomic E-state index is 12.8. The molecule has 1 aliphatic carbocycles. The van der Waals surface area contributed by atoms with Crippen LogP contribution in [0, 0.1) is 0 Å². The number of methoxy groups -OCH3 is 1. The molecule has 128 valence electrons. The fraction of sp³-hybridized carbons (Fsp3) is 0.632. The van der Waals surface area contributed by atoms with E-state index in [2.05, 4.69) is 45.0 Å². The summed E-state index contributed by atoms with van der Waals surface area (Å²) in [6, 6.07) is 8.43. The Balaban J connectivity index is 2.11. The van der Waals surface area contributed by atoms with Crippen molar-refractivity contribution in [2.45, 2.75) is 50.5 Å². The molecular weight excluding hydrogens is 290 g/mol. The van der Waals surface area contributed by atoms with Crippen molar-refractivity contribution >= 4 is 5.91 Å². The highest BCUT2D eigenvalue weighted by Gasteiger charge is 2.52. The molecular formula is C19H29NO3. The van der Waals surface area contributed by atoms with Crippen LogP contribution in [0.5, 0.6) is 0 Å². The van der Waals surface area contributed by atoms with Crippen LogP contribution in [0.15, 0.2) is 24.3 Å². The Labute approximate surface area is 139 Å². The van der Waals surface area contributed by atoms with Gasteiger partial charge in [-0.15, -0.1) is 0 Å². The molecule has 1 fully saturated rings. The SMILES string of the molecule is COCC(O)CN(C)C(=O)C1(c2ccc(C(C)(C)C)cc2)CC1. The highest BCUT2D eigenvalue weighted by molar-refractivity contribution is 5.91. The van der Waals surface area contributed by atoms with Crippen molar-refractivity contribution in [3.63, 3.8) is 0 Å². The first-order valence-corrected chi connectivity index (χ1v) is 8.24. The molecule has 4 heteroatoms. The van der Waals surface area contributed by atoms with Gasteiger partial charge in [0.25, 0.3) is 0 Å². The van der Waals surface area contributed by atoms with E-state index in [1.165, 1.54) is 5.56 Å². The van der Waals surface area contributed by atoms with E-state index in [1.54, 1.807) is 19.1 Å². The number of rotatable bonds is 6. The second-order valence-corrected chi connectivity index (χ2v) is 7.70. The average Bonchev–Trinajstić information content (AvgIpc) is 3.27. The molecule has 0 spiro atoms.